The summed E-state index contributed by atoms with van der Waals surface area (Å²) in [6.07, 6.45) is 1.82. The Balaban J connectivity index is 1.35. The molecule has 0 radical (unpaired) electrons. The second-order valence-corrected chi connectivity index (χ2v) is 6.89. The van der Waals surface area contributed by atoms with Crippen LogP contribution in [0.25, 0.3) is 0 Å². The Hall–Kier alpha value is -1.74. The number of non-ortho nitro benzene ring substituents is 1. The van der Waals surface area contributed by atoms with Crippen molar-refractivity contribution in [2.24, 2.45) is 0 Å². The number of hydrogen-bond donors (Lipinski definition) is 1. The molecule has 1 N–H and O–H groups in total. The van der Waals surface area contributed by atoms with Crippen LogP contribution < -0.4 is 4.90 Å². The van der Waals surface area contributed by atoms with E-state index < -0.39 is 6.10 Å². The molecule has 0 unspecified atom stereocenters. The number of nitro benzene ring substituents is 1. The van der Waals surface area contributed by atoms with Crippen molar-refractivity contribution in [1.29, 1.82) is 0 Å². The summed E-state index contributed by atoms with van der Waals surface area (Å²) >= 11 is 0. The molecule has 1 aromatic rings. The molecule has 0 amide bonds. The first-order chi connectivity index (χ1) is 12.6. The second kappa shape index (κ2) is 9.27. The number of benzene rings is 1. The number of hydrogen-bond acceptors (Lipinski definition) is 7. The van der Waals surface area contributed by atoms with Crippen molar-refractivity contribution in [2.45, 2.75) is 25.0 Å². The number of piperazine rings is 1. The van der Waals surface area contributed by atoms with E-state index in [1.165, 1.54) is 12.1 Å². The second-order valence-electron chi connectivity index (χ2n) is 6.89. The lowest BCUT2D eigenvalue weighted by molar-refractivity contribution is -0.384. The van der Waals surface area contributed by atoms with E-state index in [-0.39, 0.29) is 16.7 Å². The lowest BCUT2D eigenvalue weighted by Gasteiger charge is -2.36. The van der Waals surface area contributed by atoms with Crippen LogP contribution in [-0.2, 0) is 9.47 Å². The molecular weight excluding hydrogens is 338 g/mol. The zero-order valence-corrected chi connectivity index (χ0v) is 15.0. The Morgan fingerprint density at radius 3 is 2.62 bits per heavy atom. The smallest absolute Gasteiger partial charge is 0.269 e. The monoisotopic (exact) mass is 365 g/mol. The van der Waals surface area contributed by atoms with Crippen LogP contribution in [0, 0.1) is 10.1 Å². The van der Waals surface area contributed by atoms with E-state index in [0.717, 1.165) is 51.3 Å². The molecule has 0 aliphatic carbocycles. The first kappa shape index (κ1) is 19.0. The summed E-state index contributed by atoms with van der Waals surface area (Å²) in [6, 6.07) is 6.66. The van der Waals surface area contributed by atoms with Gasteiger partial charge in [0.15, 0.2) is 0 Å². The normalized spacial score (nSPS) is 22.5. The fourth-order valence-electron chi connectivity index (χ4n) is 3.44. The Labute approximate surface area is 153 Å². The Morgan fingerprint density at radius 1 is 1.27 bits per heavy atom. The highest BCUT2D eigenvalue weighted by molar-refractivity contribution is 5.51. The number of aliphatic hydroxyl groups excluding tert-OH is 1. The van der Waals surface area contributed by atoms with Crippen LogP contribution >= 0.6 is 0 Å². The van der Waals surface area contributed by atoms with Gasteiger partial charge in [-0.3, -0.25) is 15.0 Å². The van der Waals surface area contributed by atoms with Crippen molar-refractivity contribution in [3.05, 3.63) is 34.4 Å². The number of β-amino-alcohol motifs (C(OH)–C–C–N with tert-alkyl or cyclic N) is 1. The number of rotatable bonds is 8. The third kappa shape index (κ3) is 5.38. The molecule has 0 aromatic heterocycles. The maximum atomic E-state index is 10.7. The van der Waals surface area contributed by atoms with E-state index in [1.807, 2.05) is 0 Å². The average Bonchev–Trinajstić information content (AvgIpc) is 3.16. The van der Waals surface area contributed by atoms with E-state index >= 15 is 0 Å². The summed E-state index contributed by atoms with van der Waals surface area (Å²) in [5.74, 6) is 0. The predicted octanol–water partition coefficient (Wildman–Crippen LogP) is 1.27. The molecule has 0 saturated carbocycles. The first-order valence-corrected chi connectivity index (χ1v) is 9.21. The van der Waals surface area contributed by atoms with Crippen LogP contribution in [0.2, 0.25) is 0 Å². The fraction of sp³-hybridized carbons (Fsp3) is 0.667. The van der Waals surface area contributed by atoms with Crippen molar-refractivity contribution in [3.8, 4) is 0 Å². The molecule has 2 heterocycles. The molecule has 8 nitrogen and oxygen atoms in total. The molecule has 1 aromatic carbocycles. The lowest BCUT2D eigenvalue weighted by atomic mass is 10.2. The maximum absolute atomic E-state index is 10.7. The Bertz CT molecular complexity index is 569. The first-order valence-electron chi connectivity index (χ1n) is 9.21. The lowest BCUT2D eigenvalue weighted by Crippen LogP contribution is -2.49. The highest BCUT2D eigenvalue weighted by Gasteiger charge is 2.21. The molecule has 26 heavy (non-hydrogen) atoms. The van der Waals surface area contributed by atoms with Gasteiger partial charge in [-0.2, -0.15) is 0 Å². The summed E-state index contributed by atoms with van der Waals surface area (Å²) in [6.45, 7) is 5.67. The van der Waals surface area contributed by atoms with E-state index in [4.69, 9.17) is 9.47 Å². The van der Waals surface area contributed by atoms with Crippen molar-refractivity contribution in [3.63, 3.8) is 0 Å². The van der Waals surface area contributed by atoms with E-state index in [0.29, 0.717) is 19.8 Å². The quantitative estimate of drug-likeness (QED) is 0.548. The van der Waals surface area contributed by atoms with Gasteiger partial charge in [0.25, 0.3) is 5.69 Å². The van der Waals surface area contributed by atoms with Gasteiger partial charge in [-0.25, -0.2) is 0 Å². The maximum Gasteiger partial charge on any atom is 0.269 e. The summed E-state index contributed by atoms with van der Waals surface area (Å²) < 4.78 is 11.1. The van der Waals surface area contributed by atoms with Crippen molar-refractivity contribution in [2.75, 3.05) is 57.4 Å². The van der Waals surface area contributed by atoms with Gasteiger partial charge in [0.2, 0.25) is 0 Å². The highest BCUT2D eigenvalue weighted by atomic mass is 16.6. The number of ether oxygens (including phenoxy) is 2. The third-order valence-electron chi connectivity index (χ3n) is 4.90. The topological polar surface area (TPSA) is 88.3 Å². The van der Waals surface area contributed by atoms with Crippen LogP contribution in [0.1, 0.15) is 12.8 Å². The van der Waals surface area contributed by atoms with Crippen molar-refractivity contribution in [1.82, 2.24) is 4.90 Å². The SMILES string of the molecule is O=[N+]([O-])c1ccc(N2CCN(C[C@H](O)COC[C@H]3CCCO3)CC2)cc1. The van der Waals surface area contributed by atoms with E-state index in [1.54, 1.807) is 12.1 Å². The van der Waals surface area contributed by atoms with Gasteiger partial charge in [-0.15, -0.1) is 0 Å². The van der Waals surface area contributed by atoms with E-state index in [2.05, 4.69) is 9.80 Å². The van der Waals surface area contributed by atoms with Gasteiger partial charge < -0.3 is 19.5 Å². The minimum Gasteiger partial charge on any atom is -0.389 e. The van der Waals surface area contributed by atoms with Crippen LogP contribution in [0.15, 0.2) is 24.3 Å². The van der Waals surface area contributed by atoms with Crippen LogP contribution in [0.4, 0.5) is 11.4 Å². The molecular formula is C18H27N3O5. The zero-order chi connectivity index (χ0) is 18.4. The fourth-order valence-corrected chi connectivity index (χ4v) is 3.44. The highest BCUT2D eigenvalue weighted by Crippen LogP contribution is 2.20. The number of aliphatic hydroxyl groups is 1. The molecule has 8 heteroatoms. The molecule has 0 bridgehead atoms. The number of nitro groups is 1. The van der Waals surface area contributed by atoms with Crippen LogP contribution in [-0.4, -0.2) is 79.7 Å². The van der Waals surface area contributed by atoms with E-state index in [9.17, 15) is 15.2 Å². The van der Waals surface area contributed by atoms with Crippen LogP contribution in [0.5, 0.6) is 0 Å². The Kier molecular flexibility index (Phi) is 6.79. The molecule has 2 saturated heterocycles. The molecule has 0 spiro atoms. The largest absolute Gasteiger partial charge is 0.389 e. The van der Waals surface area contributed by atoms with Crippen LogP contribution in [0.3, 0.4) is 0 Å². The van der Waals surface area contributed by atoms with Crippen molar-refractivity contribution < 1.29 is 19.5 Å². The molecule has 2 fully saturated rings. The minimum absolute atomic E-state index is 0.110. The van der Waals surface area contributed by atoms with Gasteiger partial charge in [0.1, 0.15) is 0 Å². The summed E-state index contributed by atoms with van der Waals surface area (Å²) in [5.41, 5.74) is 1.11. The molecule has 2 atom stereocenters. The standard InChI is InChI=1S/C18H27N3O5/c22-17(13-25-14-18-2-1-11-26-18)12-19-7-9-20(10-8-19)15-3-5-16(6-4-15)21(23)24/h3-6,17-18,22H,1-2,7-14H2/t17-,18+/m0/s1. The number of anilines is 1. The molecule has 144 valence electrons. The molecule has 3 rings (SSSR count). The third-order valence-corrected chi connectivity index (χ3v) is 4.90. The molecule has 2 aliphatic heterocycles. The molecule has 2 aliphatic rings. The summed E-state index contributed by atoms with van der Waals surface area (Å²) in [7, 11) is 0. The average molecular weight is 365 g/mol. The van der Waals surface area contributed by atoms with Gasteiger partial charge in [-0.1, -0.05) is 0 Å². The van der Waals surface area contributed by atoms with Gasteiger partial charge in [-0.05, 0) is 25.0 Å². The zero-order valence-electron chi connectivity index (χ0n) is 15.0. The summed E-state index contributed by atoms with van der Waals surface area (Å²) in [5, 5.41) is 20.9. The number of nitrogens with zero attached hydrogens (tertiary/aromatic N) is 3. The predicted molar refractivity (Wildman–Crippen MR) is 97.5 cm³/mol. The van der Waals surface area contributed by atoms with Crippen molar-refractivity contribution >= 4 is 11.4 Å². The van der Waals surface area contributed by atoms with Gasteiger partial charge in [0, 0.05) is 57.2 Å². The summed E-state index contributed by atoms with van der Waals surface area (Å²) in [4.78, 5) is 14.8. The van der Waals surface area contributed by atoms with Gasteiger partial charge in [0.05, 0.1) is 30.3 Å². The van der Waals surface area contributed by atoms with Gasteiger partial charge >= 0.3 is 0 Å². The minimum atomic E-state index is -0.498. The Morgan fingerprint density at radius 2 is 2.00 bits per heavy atom.